The van der Waals surface area contributed by atoms with Crippen LogP contribution in [0, 0.1) is 5.92 Å². The number of nitrogens with two attached hydrogens (primary N) is 1. The summed E-state index contributed by atoms with van der Waals surface area (Å²) in [6.07, 6.45) is 0. The lowest BCUT2D eigenvalue weighted by Crippen LogP contribution is -2.33. The lowest BCUT2D eigenvalue weighted by Gasteiger charge is -2.26. The third kappa shape index (κ3) is 2.11. The minimum atomic E-state index is 0.359. The molecule has 3 N–H and O–H groups in total. The predicted octanol–water partition coefficient (Wildman–Crippen LogP) is 0.868. The highest BCUT2D eigenvalue weighted by Gasteiger charge is 2.16. The number of nitrogens with zero attached hydrogens (tertiary/aromatic N) is 3. The zero-order valence-electron chi connectivity index (χ0n) is 8.57. The molecule has 5 nitrogen and oxygen atoms in total. The van der Waals surface area contributed by atoms with Crippen LogP contribution in [0.5, 0.6) is 0 Å². The highest BCUT2D eigenvalue weighted by Crippen LogP contribution is 2.14. The quantitative estimate of drug-likeness (QED) is 0.729. The van der Waals surface area contributed by atoms with Gasteiger partial charge in [0, 0.05) is 13.1 Å². The number of anilines is 2. The number of nitrogens with one attached hydrogen (secondary N) is 1. The predicted molar refractivity (Wildman–Crippen MR) is 53.5 cm³/mol. The first-order valence-electron chi connectivity index (χ1n) is 4.43. The van der Waals surface area contributed by atoms with Gasteiger partial charge in [0.2, 0.25) is 11.9 Å². The van der Waals surface area contributed by atoms with Crippen molar-refractivity contribution in [3.8, 4) is 0 Å². The lowest BCUT2D eigenvalue weighted by atomic mass is 10.1. The van der Waals surface area contributed by atoms with E-state index in [-0.39, 0.29) is 0 Å². The molecule has 1 aromatic heterocycles. The molecule has 1 heterocycles. The number of nitrogen functional groups attached to an aromatic ring is 1. The Morgan fingerprint density at radius 3 is 2.38 bits per heavy atom. The van der Waals surface area contributed by atoms with Crippen molar-refractivity contribution >= 4 is 11.9 Å². The van der Waals surface area contributed by atoms with Crippen molar-refractivity contribution in [2.45, 2.75) is 26.8 Å². The summed E-state index contributed by atoms with van der Waals surface area (Å²) >= 11 is 0. The van der Waals surface area contributed by atoms with Crippen LogP contribution in [0.25, 0.3) is 0 Å². The van der Waals surface area contributed by atoms with E-state index >= 15 is 0 Å². The first kappa shape index (κ1) is 9.83. The maximum absolute atomic E-state index is 5.44. The van der Waals surface area contributed by atoms with E-state index in [0.717, 1.165) is 0 Å². The normalized spacial score (nSPS) is 13.3. The van der Waals surface area contributed by atoms with Crippen molar-refractivity contribution in [2.24, 2.45) is 5.92 Å². The second-order valence-electron chi connectivity index (χ2n) is 3.62. The zero-order valence-corrected chi connectivity index (χ0v) is 8.57. The van der Waals surface area contributed by atoms with Crippen molar-refractivity contribution in [2.75, 3.05) is 17.7 Å². The van der Waals surface area contributed by atoms with Gasteiger partial charge in [-0.05, 0) is 12.8 Å². The van der Waals surface area contributed by atoms with E-state index in [4.69, 9.17) is 5.73 Å². The maximum Gasteiger partial charge on any atom is 0.246 e. The Hall–Kier alpha value is -1.26. The van der Waals surface area contributed by atoms with Gasteiger partial charge in [0.1, 0.15) is 0 Å². The fourth-order valence-corrected chi connectivity index (χ4v) is 1.05. The van der Waals surface area contributed by atoms with E-state index < -0.39 is 0 Å². The molecule has 0 aliphatic rings. The Morgan fingerprint density at radius 1 is 1.38 bits per heavy atom. The van der Waals surface area contributed by atoms with Gasteiger partial charge in [0.15, 0.2) is 0 Å². The van der Waals surface area contributed by atoms with Crippen LogP contribution >= 0.6 is 0 Å². The fourth-order valence-electron chi connectivity index (χ4n) is 1.05. The SMILES string of the molecule is CC(C)C(C)N(C)c1n[nH]c(N)n1. The van der Waals surface area contributed by atoms with Crippen LogP contribution in [0.3, 0.4) is 0 Å². The molecule has 0 saturated heterocycles. The summed E-state index contributed by atoms with van der Waals surface area (Å²) in [7, 11) is 1.97. The van der Waals surface area contributed by atoms with Crippen LogP contribution in [0.1, 0.15) is 20.8 Å². The molecule has 0 radical (unpaired) electrons. The first-order chi connectivity index (χ1) is 6.02. The summed E-state index contributed by atoms with van der Waals surface area (Å²) in [6.45, 7) is 6.46. The minimum absolute atomic E-state index is 0.359. The van der Waals surface area contributed by atoms with Crippen LogP contribution in [0.4, 0.5) is 11.9 Å². The monoisotopic (exact) mass is 183 g/mol. The van der Waals surface area contributed by atoms with E-state index in [1.807, 2.05) is 11.9 Å². The van der Waals surface area contributed by atoms with E-state index in [2.05, 4.69) is 36.0 Å². The molecule has 1 atom stereocenters. The summed E-state index contributed by atoms with van der Waals surface area (Å²) in [4.78, 5) is 6.06. The van der Waals surface area contributed by atoms with Gasteiger partial charge in [-0.25, -0.2) is 5.10 Å². The molecule has 0 aromatic carbocycles. The van der Waals surface area contributed by atoms with Crippen molar-refractivity contribution < 1.29 is 0 Å². The molecule has 0 aliphatic carbocycles. The van der Waals surface area contributed by atoms with Gasteiger partial charge in [-0.15, -0.1) is 5.10 Å². The van der Waals surface area contributed by atoms with Crippen molar-refractivity contribution in [3.05, 3.63) is 0 Å². The summed E-state index contributed by atoms with van der Waals surface area (Å²) in [5.74, 6) is 1.57. The Balaban J connectivity index is 2.73. The van der Waals surface area contributed by atoms with Crippen molar-refractivity contribution in [1.29, 1.82) is 0 Å². The van der Waals surface area contributed by atoms with Crippen molar-refractivity contribution in [1.82, 2.24) is 15.2 Å². The molecule has 0 aliphatic heterocycles. The summed E-state index contributed by atoms with van der Waals surface area (Å²) in [6, 6.07) is 0.398. The summed E-state index contributed by atoms with van der Waals surface area (Å²) in [5, 5.41) is 6.60. The molecular weight excluding hydrogens is 166 g/mol. The number of aromatic amines is 1. The molecule has 13 heavy (non-hydrogen) atoms. The van der Waals surface area contributed by atoms with Gasteiger partial charge in [-0.3, -0.25) is 0 Å². The van der Waals surface area contributed by atoms with Crippen LogP contribution in [-0.4, -0.2) is 28.3 Å². The molecule has 0 fully saturated rings. The van der Waals surface area contributed by atoms with Crippen molar-refractivity contribution in [3.63, 3.8) is 0 Å². The summed E-state index contributed by atoms with van der Waals surface area (Å²) < 4.78 is 0. The van der Waals surface area contributed by atoms with Crippen LogP contribution in [-0.2, 0) is 0 Å². The van der Waals surface area contributed by atoms with Gasteiger partial charge in [-0.1, -0.05) is 13.8 Å². The molecule has 74 valence electrons. The fraction of sp³-hybridized carbons (Fsp3) is 0.750. The van der Waals surface area contributed by atoms with Gasteiger partial charge in [-0.2, -0.15) is 4.98 Å². The van der Waals surface area contributed by atoms with E-state index in [1.54, 1.807) is 0 Å². The van der Waals surface area contributed by atoms with Crippen LogP contribution in [0.15, 0.2) is 0 Å². The molecule has 0 spiro atoms. The molecule has 1 unspecified atom stereocenters. The molecule has 5 heteroatoms. The Labute approximate surface area is 78.3 Å². The number of hydrogen-bond acceptors (Lipinski definition) is 4. The molecular formula is C8H17N5. The first-order valence-corrected chi connectivity index (χ1v) is 4.43. The minimum Gasteiger partial charge on any atom is -0.368 e. The average Bonchev–Trinajstić information content (AvgIpc) is 2.49. The largest absolute Gasteiger partial charge is 0.368 e. The van der Waals surface area contributed by atoms with Gasteiger partial charge in [0.05, 0.1) is 0 Å². The number of rotatable bonds is 3. The van der Waals surface area contributed by atoms with Gasteiger partial charge < -0.3 is 10.6 Å². The van der Waals surface area contributed by atoms with E-state index in [0.29, 0.717) is 23.9 Å². The Bertz CT molecular complexity index is 267. The van der Waals surface area contributed by atoms with Crippen LogP contribution < -0.4 is 10.6 Å². The smallest absolute Gasteiger partial charge is 0.246 e. The third-order valence-electron chi connectivity index (χ3n) is 2.38. The number of aromatic nitrogens is 3. The molecule has 1 rings (SSSR count). The van der Waals surface area contributed by atoms with Gasteiger partial charge >= 0.3 is 0 Å². The highest BCUT2D eigenvalue weighted by molar-refractivity contribution is 5.33. The number of H-pyrrole nitrogens is 1. The Kier molecular flexibility index (Phi) is 2.75. The second kappa shape index (κ2) is 3.64. The molecule has 0 bridgehead atoms. The van der Waals surface area contributed by atoms with E-state index in [1.165, 1.54) is 0 Å². The lowest BCUT2D eigenvalue weighted by molar-refractivity contribution is 0.500. The van der Waals surface area contributed by atoms with Crippen LogP contribution in [0.2, 0.25) is 0 Å². The molecule has 0 saturated carbocycles. The second-order valence-corrected chi connectivity index (χ2v) is 3.62. The van der Waals surface area contributed by atoms with E-state index in [9.17, 15) is 0 Å². The topological polar surface area (TPSA) is 70.8 Å². The average molecular weight is 183 g/mol. The standard InChI is InChI=1S/C8H17N5/c1-5(2)6(3)13(4)8-10-7(9)11-12-8/h5-6H,1-4H3,(H3,9,10,11,12). The summed E-state index contributed by atoms with van der Waals surface area (Å²) in [5.41, 5.74) is 5.44. The Morgan fingerprint density at radius 2 is 2.00 bits per heavy atom. The molecule has 0 amide bonds. The third-order valence-corrected chi connectivity index (χ3v) is 2.38. The maximum atomic E-state index is 5.44. The number of hydrogen-bond donors (Lipinski definition) is 2. The highest BCUT2D eigenvalue weighted by atomic mass is 15.4. The molecule has 1 aromatic rings. The van der Waals surface area contributed by atoms with Gasteiger partial charge in [0.25, 0.3) is 0 Å². The zero-order chi connectivity index (χ0) is 10.0.